The number of rotatable bonds is 7. The molecular formula is C19H20BrF3N4S. The first-order chi connectivity index (χ1) is 13.3. The van der Waals surface area contributed by atoms with Gasteiger partial charge in [0.15, 0.2) is 0 Å². The Morgan fingerprint density at radius 1 is 1.32 bits per heavy atom. The third-order valence-electron chi connectivity index (χ3n) is 4.39. The van der Waals surface area contributed by atoms with Crippen molar-refractivity contribution in [3.63, 3.8) is 0 Å². The van der Waals surface area contributed by atoms with Gasteiger partial charge in [0.05, 0.1) is 26.9 Å². The van der Waals surface area contributed by atoms with E-state index in [1.807, 2.05) is 23.1 Å². The Bertz CT molecular complexity index is 935. The van der Waals surface area contributed by atoms with Gasteiger partial charge >= 0.3 is 6.18 Å². The van der Waals surface area contributed by atoms with Gasteiger partial charge in [0, 0.05) is 30.1 Å². The Kier molecular flexibility index (Phi) is 6.47. The summed E-state index contributed by atoms with van der Waals surface area (Å²) in [7, 11) is 0. The summed E-state index contributed by atoms with van der Waals surface area (Å²) in [6.45, 7) is 2.96. The van der Waals surface area contributed by atoms with Gasteiger partial charge < -0.3 is 11.1 Å². The Morgan fingerprint density at radius 2 is 2.07 bits per heavy atom. The van der Waals surface area contributed by atoms with E-state index in [0.29, 0.717) is 0 Å². The average molecular weight is 473 g/mol. The second-order valence-electron chi connectivity index (χ2n) is 6.29. The number of hydrogen-bond acceptors (Lipinski definition) is 4. The minimum atomic E-state index is -4.38. The monoisotopic (exact) mass is 472 g/mol. The summed E-state index contributed by atoms with van der Waals surface area (Å²) in [6.07, 6.45) is -2.44. The molecule has 0 saturated heterocycles. The lowest BCUT2D eigenvalue weighted by molar-refractivity contribution is -0.138. The van der Waals surface area contributed by atoms with Gasteiger partial charge in [-0.2, -0.15) is 18.3 Å². The molecule has 1 atom stereocenters. The Hall–Kier alpha value is -1.84. The van der Waals surface area contributed by atoms with Crippen LogP contribution in [0.25, 0.3) is 11.3 Å². The fraction of sp³-hybridized carbons (Fsp3) is 0.316. The predicted molar refractivity (Wildman–Crippen MR) is 111 cm³/mol. The van der Waals surface area contributed by atoms with Gasteiger partial charge in [-0.05, 0) is 47.0 Å². The summed E-state index contributed by atoms with van der Waals surface area (Å²) in [6, 6.07) is 7.29. The van der Waals surface area contributed by atoms with Crippen LogP contribution in [0.3, 0.4) is 0 Å². The first-order valence-corrected chi connectivity index (χ1v) is 10.4. The molecule has 4 nitrogen and oxygen atoms in total. The maximum atomic E-state index is 13.2. The summed E-state index contributed by atoms with van der Waals surface area (Å²) in [5.41, 5.74) is 7.42. The van der Waals surface area contributed by atoms with E-state index < -0.39 is 11.7 Å². The highest BCUT2D eigenvalue weighted by molar-refractivity contribution is 9.10. The maximum Gasteiger partial charge on any atom is 0.416 e. The normalized spacial score (nSPS) is 12.9. The third-order valence-corrected chi connectivity index (χ3v) is 5.83. The lowest BCUT2D eigenvalue weighted by Gasteiger charge is -2.19. The molecule has 3 aromatic rings. The molecular weight excluding hydrogens is 453 g/mol. The summed E-state index contributed by atoms with van der Waals surface area (Å²) in [4.78, 5) is 0. The number of anilines is 1. The zero-order valence-electron chi connectivity index (χ0n) is 15.1. The SMILES string of the molecule is CCn1ncc(Br)c1-c1csc(N[C@H](CN)Cc2ccccc2C(F)(F)F)c1. The molecule has 0 bridgehead atoms. The van der Waals surface area contributed by atoms with Crippen LogP contribution in [0, 0.1) is 0 Å². The number of benzene rings is 1. The molecule has 0 radical (unpaired) electrons. The van der Waals surface area contributed by atoms with E-state index in [0.717, 1.165) is 33.3 Å². The minimum Gasteiger partial charge on any atom is -0.373 e. The Morgan fingerprint density at radius 3 is 2.75 bits per heavy atom. The highest BCUT2D eigenvalue weighted by Crippen LogP contribution is 2.35. The Labute approximate surface area is 173 Å². The standard InChI is InChI=1S/C19H20BrF3N4S/c1-2-27-18(16(20)10-25-27)13-8-17(28-11-13)26-14(9-24)7-12-5-3-4-6-15(12)19(21,22)23/h3-6,8,10-11,14,26H,2,7,9,24H2,1H3/t14-/m0/s1. The minimum absolute atomic E-state index is 0.190. The number of aryl methyl sites for hydroxylation is 1. The smallest absolute Gasteiger partial charge is 0.373 e. The van der Waals surface area contributed by atoms with Crippen LogP contribution in [0.15, 0.2) is 46.4 Å². The fourth-order valence-corrected chi connectivity index (χ4v) is 4.45. The van der Waals surface area contributed by atoms with E-state index in [1.165, 1.54) is 23.5 Å². The lowest BCUT2D eigenvalue weighted by Crippen LogP contribution is -2.31. The summed E-state index contributed by atoms with van der Waals surface area (Å²) in [5.74, 6) is 0. The molecule has 150 valence electrons. The van der Waals surface area contributed by atoms with Gasteiger partial charge in [-0.3, -0.25) is 4.68 Å². The molecule has 2 aromatic heterocycles. The molecule has 3 rings (SSSR count). The van der Waals surface area contributed by atoms with Gasteiger partial charge in [-0.25, -0.2) is 0 Å². The van der Waals surface area contributed by atoms with Crippen molar-refractivity contribution in [3.8, 4) is 11.3 Å². The van der Waals surface area contributed by atoms with Gasteiger partial charge in [0.1, 0.15) is 0 Å². The predicted octanol–water partition coefficient (Wildman–Crippen LogP) is 5.39. The lowest BCUT2D eigenvalue weighted by atomic mass is 10.00. The number of halogens is 4. The number of thiophene rings is 1. The maximum absolute atomic E-state index is 13.2. The fourth-order valence-electron chi connectivity index (χ4n) is 3.06. The zero-order chi connectivity index (χ0) is 20.3. The number of hydrogen-bond donors (Lipinski definition) is 2. The van der Waals surface area contributed by atoms with Crippen molar-refractivity contribution >= 4 is 32.3 Å². The number of nitrogens with zero attached hydrogens (tertiary/aromatic N) is 2. The highest BCUT2D eigenvalue weighted by atomic mass is 79.9. The third kappa shape index (κ3) is 4.59. The highest BCUT2D eigenvalue weighted by Gasteiger charge is 2.33. The van der Waals surface area contributed by atoms with Crippen molar-refractivity contribution in [2.24, 2.45) is 5.73 Å². The number of nitrogens with one attached hydrogen (secondary N) is 1. The zero-order valence-corrected chi connectivity index (χ0v) is 17.5. The largest absolute Gasteiger partial charge is 0.416 e. The first-order valence-electron chi connectivity index (χ1n) is 8.75. The molecule has 0 saturated carbocycles. The number of nitrogens with two attached hydrogens (primary N) is 1. The number of alkyl halides is 3. The molecule has 0 fully saturated rings. The van der Waals surface area contributed by atoms with E-state index in [1.54, 1.807) is 12.3 Å². The van der Waals surface area contributed by atoms with Crippen molar-refractivity contribution < 1.29 is 13.2 Å². The van der Waals surface area contributed by atoms with Crippen molar-refractivity contribution in [2.75, 3.05) is 11.9 Å². The second-order valence-corrected chi connectivity index (χ2v) is 8.06. The van der Waals surface area contributed by atoms with Crippen molar-refractivity contribution in [3.05, 3.63) is 57.5 Å². The van der Waals surface area contributed by atoms with E-state index in [4.69, 9.17) is 5.73 Å². The molecule has 3 N–H and O–H groups in total. The molecule has 0 aliphatic rings. The topological polar surface area (TPSA) is 55.9 Å². The molecule has 0 aliphatic carbocycles. The van der Waals surface area contributed by atoms with Crippen LogP contribution < -0.4 is 11.1 Å². The van der Waals surface area contributed by atoms with Gasteiger partial charge in [-0.1, -0.05) is 18.2 Å². The van der Waals surface area contributed by atoms with E-state index in [9.17, 15) is 13.2 Å². The van der Waals surface area contributed by atoms with Gasteiger partial charge in [0.2, 0.25) is 0 Å². The van der Waals surface area contributed by atoms with Gasteiger partial charge in [-0.15, -0.1) is 11.3 Å². The van der Waals surface area contributed by atoms with Crippen LogP contribution in [-0.4, -0.2) is 22.4 Å². The van der Waals surface area contributed by atoms with Crippen LogP contribution in [0.5, 0.6) is 0 Å². The van der Waals surface area contributed by atoms with Crippen LogP contribution in [-0.2, 0) is 19.1 Å². The quantitative estimate of drug-likeness (QED) is 0.484. The number of aromatic nitrogens is 2. The molecule has 0 aliphatic heterocycles. The van der Waals surface area contributed by atoms with Gasteiger partial charge in [0.25, 0.3) is 0 Å². The summed E-state index contributed by atoms with van der Waals surface area (Å²) in [5, 5.41) is 10.4. The van der Waals surface area contributed by atoms with Crippen LogP contribution in [0.1, 0.15) is 18.1 Å². The second kappa shape index (κ2) is 8.67. The van der Waals surface area contributed by atoms with E-state index in [2.05, 4.69) is 26.3 Å². The molecule has 1 aromatic carbocycles. The van der Waals surface area contributed by atoms with Crippen LogP contribution in [0.4, 0.5) is 18.2 Å². The molecule has 0 unspecified atom stereocenters. The first kappa shape index (κ1) is 20.9. The molecule has 28 heavy (non-hydrogen) atoms. The summed E-state index contributed by atoms with van der Waals surface area (Å²) < 4.78 is 42.5. The molecule has 0 amide bonds. The summed E-state index contributed by atoms with van der Waals surface area (Å²) >= 11 is 5.00. The van der Waals surface area contributed by atoms with Crippen molar-refractivity contribution in [1.82, 2.24) is 9.78 Å². The van der Waals surface area contributed by atoms with Crippen LogP contribution >= 0.6 is 27.3 Å². The van der Waals surface area contributed by atoms with E-state index >= 15 is 0 Å². The van der Waals surface area contributed by atoms with Crippen molar-refractivity contribution in [1.29, 1.82) is 0 Å². The average Bonchev–Trinajstić information content (AvgIpc) is 3.26. The van der Waals surface area contributed by atoms with Crippen molar-refractivity contribution in [2.45, 2.75) is 32.1 Å². The Balaban J connectivity index is 1.78. The van der Waals surface area contributed by atoms with Crippen LogP contribution in [0.2, 0.25) is 0 Å². The molecule has 0 spiro atoms. The molecule has 9 heteroatoms. The molecule has 2 heterocycles. The van der Waals surface area contributed by atoms with E-state index in [-0.39, 0.29) is 24.6 Å².